The predicted molar refractivity (Wildman–Crippen MR) is 75.1 cm³/mol. The van der Waals surface area contributed by atoms with Crippen molar-refractivity contribution >= 4 is 25.4 Å². The van der Waals surface area contributed by atoms with E-state index in [9.17, 15) is 14.9 Å². The van der Waals surface area contributed by atoms with E-state index in [2.05, 4.69) is 15.0 Å². The van der Waals surface area contributed by atoms with E-state index >= 15 is 0 Å². The van der Waals surface area contributed by atoms with Gasteiger partial charge in [-0.15, -0.1) is 0 Å². The molecule has 9 nitrogen and oxygen atoms in total. The highest BCUT2D eigenvalue weighted by Gasteiger charge is 2.37. The summed E-state index contributed by atoms with van der Waals surface area (Å²) in [6.45, 7) is -0.173. The molecule has 1 aliphatic heterocycles. The van der Waals surface area contributed by atoms with Crippen molar-refractivity contribution in [3.8, 4) is 0 Å². The van der Waals surface area contributed by atoms with Gasteiger partial charge in [0.25, 0.3) is 0 Å². The number of nitrogens with zero attached hydrogens (tertiary/aromatic N) is 4. The van der Waals surface area contributed by atoms with E-state index in [0.717, 1.165) is 0 Å². The van der Waals surface area contributed by atoms with Crippen molar-refractivity contribution in [1.29, 1.82) is 0 Å². The maximum Gasteiger partial charge on any atom is 0.167 e. The molecule has 10 heteroatoms. The molecule has 0 bridgehead atoms. The van der Waals surface area contributed by atoms with Gasteiger partial charge in [-0.05, 0) is 12.3 Å². The molecule has 2 aromatic rings. The second-order valence-electron chi connectivity index (χ2n) is 4.95. The summed E-state index contributed by atoms with van der Waals surface area (Å²) in [5.74, 6) is 0.166. The SMILES string of the molecule is Nc1ncnc2c1ncn2[C@H]1CC(CP(O)O)[C@@H](CO)O1. The molecule has 2 aromatic heterocycles. The van der Waals surface area contributed by atoms with Gasteiger partial charge in [0.05, 0.1) is 19.0 Å². The minimum Gasteiger partial charge on any atom is -0.394 e. The molecule has 0 saturated carbocycles. The van der Waals surface area contributed by atoms with E-state index in [0.29, 0.717) is 23.4 Å². The van der Waals surface area contributed by atoms with Gasteiger partial charge in [-0.2, -0.15) is 0 Å². The molecule has 3 rings (SSSR count). The van der Waals surface area contributed by atoms with Crippen molar-refractivity contribution < 1.29 is 19.6 Å². The number of aliphatic hydroxyl groups is 1. The minimum absolute atomic E-state index is 0.127. The number of aromatic nitrogens is 4. The minimum atomic E-state index is -2.02. The van der Waals surface area contributed by atoms with Gasteiger partial charge in [0.1, 0.15) is 18.1 Å². The Labute approximate surface area is 121 Å². The molecule has 1 unspecified atom stereocenters. The van der Waals surface area contributed by atoms with E-state index in [-0.39, 0.29) is 24.9 Å². The average Bonchev–Trinajstić information content (AvgIpc) is 3.02. The Bertz CT molecular complexity index is 636. The Hall–Kier alpha value is -1.38. The fourth-order valence-corrected chi connectivity index (χ4v) is 3.44. The van der Waals surface area contributed by atoms with E-state index in [1.54, 1.807) is 10.9 Å². The molecule has 3 atom stereocenters. The van der Waals surface area contributed by atoms with Gasteiger partial charge in [0, 0.05) is 6.16 Å². The number of nitrogens with two attached hydrogens (primary N) is 1. The monoisotopic (exact) mass is 313 g/mol. The summed E-state index contributed by atoms with van der Waals surface area (Å²) in [6.07, 6.45) is 2.86. The lowest BCUT2D eigenvalue weighted by atomic mass is 10.0. The first-order valence-electron chi connectivity index (χ1n) is 6.44. The predicted octanol–water partition coefficient (Wildman–Crippen LogP) is -0.399. The Morgan fingerprint density at radius 2 is 2.19 bits per heavy atom. The fourth-order valence-electron chi connectivity index (χ4n) is 2.63. The second-order valence-corrected chi connectivity index (χ2v) is 6.06. The van der Waals surface area contributed by atoms with Crippen LogP contribution in [-0.4, -0.2) is 53.3 Å². The molecule has 3 heterocycles. The van der Waals surface area contributed by atoms with Crippen molar-refractivity contribution in [3.05, 3.63) is 12.7 Å². The molecule has 21 heavy (non-hydrogen) atoms. The highest BCUT2D eigenvalue weighted by Crippen LogP contribution is 2.40. The van der Waals surface area contributed by atoms with Crippen LogP contribution in [0.4, 0.5) is 5.82 Å². The van der Waals surface area contributed by atoms with Crippen LogP contribution in [0, 0.1) is 5.92 Å². The molecule has 1 aliphatic rings. The van der Waals surface area contributed by atoms with Gasteiger partial charge in [-0.3, -0.25) is 4.57 Å². The van der Waals surface area contributed by atoms with E-state index in [4.69, 9.17) is 10.5 Å². The van der Waals surface area contributed by atoms with Gasteiger partial charge in [-0.1, -0.05) is 0 Å². The summed E-state index contributed by atoms with van der Waals surface area (Å²) in [5, 5.41) is 9.37. The summed E-state index contributed by atoms with van der Waals surface area (Å²) < 4.78 is 7.51. The normalized spacial score (nSPS) is 26.0. The third kappa shape index (κ3) is 2.70. The molecular weight excluding hydrogens is 297 g/mol. The first-order chi connectivity index (χ1) is 10.1. The third-order valence-electron chi connectivity index (χ3n) is 3.64. The molecule has 0 radical (unpaired) electrons. The average molecular weight is 313 g/mol. The number of fused-ring (bicyclic) bond motifs is 1. The number of hydrogen-bond acceptors (Lipinski definition) is 8. The van der Waals surface area contributed by atoms with Crippen LogP contribution in [0.3, 0.4) is 0 Å². The zero-order valence-corrected chi connectivity index (χ0v) is 12.0. The smallest absolute Gasteiger partial charge is 0.167 e. The number of anilines is 1. The molecule has 1 fully saturated rings. The Morgan fingerprint density at radius 3 is 2.90 bits per heavy atom. The van der Waals surface area contributed by atoms with Crippen LogP contribution in [0.5, 0.6) is 0 Å². The summed E-state index contributed by atoms with van der Waals surface area (Å²) in [4.78, 5) is 30.6. The molecule has 0 amide bonds. The zero-order valence-electron chi connectivity index (χ0n) is 11.1. The zero-order chi connectivity index (χ0) is 15.0. The van der Waals surface area contributed by atoms with Crippen molar-refractivity contribution in [3.63, 3.8) is 0 Å². The third-order valence-corrected chi connectivity index (χ3v) is 4.43. The van der Waals surface area contributed by atoms with Crippen molar-refractivity contribution in [2.75, 3.05) is 18.5 Å². The van der Waals surface area contributed by atoms with Crippen molar-refractivity contribution in [1.82, 2.24) is 19.5 Å². The van der Waals surface area contributed by atoms with E-state index < -0.39 is 14.5 Å². The van der Waals surface area contributed by atoms with Crippen LogP contribution in [0.15, 0.2) is 12.7 Å². The van der Waals surface area contributed by atoms with Crippen LogP contribution in [0.1, 0.15) is 12.6 Å². The molecule has 114 valence electrons. The lowest BCUT2D eigenvalue weighted by Crippen LogP contribution is -2.22. The van der Waals surface area contributed by atoms with Crippen LogP contribution in [0.25, 0.3) is 11.2 Å². The standard InChI is InChI=1S/C11H16N5O4P/c12-10-9-11(14-4-13-10)16(5-15-9)8-1-6(3-21(18)19)7(2-17)20-8/h4-8,17-19H,1-3H2,(H2,12,13,14)/t6?,7-,8-/m1/s1. The van der Waals surface area contributed by atoms with Gasteiger partial charge in [0.15, 0.2) is 19.8 Å². The van der Waals surface area contributed by atoms with E-state index in [1.807, 2.05) is 0 Å². The number of imidazole rings is 1. The molecule has 5 N–H and O–H groups in total. The highest BCUT2D eigenvalue weighted by atomic mass is 31.2. The van der Waals surface area contributed by atoms with Gasteiger partial charge < -0.3 is 25.4 Å². The van der Waals surface area contributed by atoms with Crippen molar-refractivity contribution in [2.24, 2.45) is 5.92 Å². The van der Waals surface area contributed by atoms with Crippen LogP contribution >= 0.6 is 8.38 Å². The van der Waals surface area contributed by atoms with Crippen LogP contribution in [-0.2, 0) is 4.74 Å². The highest BCUT2D eigenvalue weighted by molar-refractivity contribution is 7.45. The molecular formula is C11H16N5O4P. The number of rotatable bonds is 4. The van der Waals surface area contributed by atoms with E-state index in [1.165, 1.54) is 6.33 Å². The number of hydrogen-bond donors (Lipinski definition) is 4. The van der Waals surface area contributed by atoms with Crippen molar-refractivity contribution in [2.45, 2.75) is 18.8 Å². The Kier molecular flexibility index (Phi) is 4.01. The second kappa shape index (κ2) is 5.78. The quantitative estimate of drug-likeness (QED) is 0.559. The molecule has 0 spiro atoms. The summed E-state index contributed by atoms with van der Waals surface area (Å²) in [5.41, 5.74) is 6.80. The molecule has 0 aromatic carbocycles. The maximum atomic E-state index is 9.37. The summed E-state index contributed by atoms with van der Waals surface area (Å²) in [6, 6.07) is 0. The fraction of sp³-hybridized carbons (Fsp3) is 0.545. The van der Waals surface area contributed by atoms with Gasteiger partial charge >= 0.3 is 0 Å². The van der Waals surface area contributed by atoms with Gasteiger partial charge in [0.2, 0.25) is 0 Å². The lowest BCUT2D eigenvalue weighted by molar-refractivity contribution is -0.0276. The lowest BCUT2D eigenvalue weighted by Gasteiger charge is -2.15. The van der Waals surface area contributed by atoms with Crippen LogP contribution < -0.4 is 5.73 Å². The maximum absolute atomic E-state index is 9.37. The van der Waals surface area contributed by atoms with Crippen LogP contribution in [0.2, 0.25) is 0 Å². The topological polar surface area (TPSA) is 140 Å². The van der Waals surface area contributed by atoms with Gasteiger partial charge in [-0.25, -0.2) is 15.0 Å². The molecule has 1 saturated heterocycles. The largest absolute Gasteiger partial charge is 0.394 e. The Morgan fingerprint density at radius 1 is 1.38 bits per heavy atom. The molecule has 0 aliphatic carbocycles. The Balaban J connectivity index is 1.88. The number of ether oxygens (including phenoxy) is 1. The summed E-state index contributed by atoms with van der Waals surface area (Å²) in [7, 11) is -2.02. The first-order valence-corrected chi connectivity index (χ1v) is 7.88. The first kappa shape index (κ1) is 14.6. The number of nitrogen functional groups attached to an aromatic ring is 1. The summed E-state index contributed by atoms with van der Waals surface area (Å²) >= 11 is 0. The number of aliphatic hydroxyl groups excluding tert-OH is 1.